The molecule has 0 spiro atoms. The largest absolute Gasteiger partial charge is 0.462 e. The van der Waals surface area contributed by atoms with Gasteiger partial charge in [0.25, 0.3) is 31.9 Å². The summed E-state index contributed by atoms with van der Waals surface area (Å²) in [5.74, 6) is -2.91. The first-order chi connectivity index (χ1) is 48.9. The lowest BCUT2D eigenvalue weighted by Crippen LogP contribution is -2.44. The monoisotopic (exact) mass is 1470 g/mol. The zero-order chi connectivity index (χ0) is 73.9. The molecule has 0 atom stereocenters. The van der Waals surface area contributed by atoms with Gasteiger partial charge in [-0.05, 0) is 149 Å². The van der Waals surface area contributed by atoms with E-state index in [9.17, 15) is 36.0 Å². The molecule has 0 aromatic heterocycles. The minimum atomic E-state index is -4.16. The minimum absolute atomic E-state index is 0.0196. The number of esters is 2. The molecule has 2 heterocycles. The number of halogens is 2. The summed E-state index contributed by atoms with van der Waals surface area (Å²) in [6.45, 7) is 14.4. The number of fused-ring (bicyclic) bond motifs is 2. The molecule has 102 heavy (non-hydrogen) atoms. The smallest absolute Gasteiger partial charge is 0.338 e. The highest BCUT2D eigenvalue weighted by Gasteiger charge is 2.37. The van der Waals surface area contributed by atoms with Crippen molar-refractivity contribution in [2.75, 3.05) is 79.8 Å². The van der Waals surface area contributed by atoms with Gasteiger partial charge in [-0.25, -0.2) is 33.0 Å². The molecule has 2 N–H and O–H groups in total. The molecule has 2 aliphatic rings. The first kappa shape index (κ1) is 80.9. The van der Waals surface area contributed by atoms with Crippen LogP contribution in [0.2, 0.25) is 10.0 Å². The summed E-state index contributed by atoms with van der Waals surface area (Å²) in [5.41, 5.74) is 5.13. The minimum Gasteiger partial charge on any atom is -0.462 e. The summed E-state index contributed by atoms with van der Waals surface area (Å²) >= 11 is 13.0. The summed E-state index contributed by atoms with van der Waals surface area (Å²) in [6, 6.07) is 32.9. The van der Waals surface area contributed by atoms with Gasteiger partial charge in [0.2, 0.25) is 0 Å². The fourth-order valence-electron chi connectivity index (χ4n) is 11.5. The lowest BCUT2D eigenvalue weighted by molar-refractivity contribution is -0.111. The van der Waals surface area contributed by atoms with Crippen molar-refractivity contribution in [1.82, 2.24) is 4.31 Å². The zero-order valence-electron chi connectivity index (χ0n) is 60.8. The van der Waals surface area contributed by atoms with Gasteiger partial charge in [-0.1, -0.05) is 177 Å². The molecular weight excluding hydrogens is 1370 g/mol. The number of rotatable bonds is 36. The maximum absolute atomic E-state index is 14.1. The Bertz CT molecular complexity index is 4260. The van der Waals surface area contributed by atoms with Crippen LogP contribution in [0.1, 0.15) is 188 Å². The highest BCUT2D eigenvalue weighted by atomic mass is 35.5. The van der Waals surface area contributed by atoms with E-state index in [0.29, 0.717) is 30.3 Å². The van der Waals surface area contributed by atoms with E-state index >= 15 is 0 Å². The Hall–Kier alpha value is -8.44. The number of amidine groups is 2. The molecule has 20 nitrogen and oxygen atoms in total. The number of anilines is 5. The third-order valence-corrected chi connectivity index (χ3v) is 21.7. The molecule has 6 aromatic carbocycles. The molecule has 0 bridgehead atoms. The second kappa shape index (κ2) is 39.8. The zero-order valence-corrected chi connectivity index (χ0v) is 63.9. The first-order valence-electron chi connectivity index (χ1n) is 35.7. The van der Waals surface area contributed by atoms with Gasteiger partial charge in [0.15, 0.2) is 23.1 Å². The van der Waals surface area contributed by atoms with Crippen LogP contribution in [-0.2, 0) is 39.1 Å². The number of carbonyl (C=O) groups excluding carboxylic acids is 4. The number of amides is 2. The SMILES string of the molecule is CCCCCCCCCCCCOC(=O)c1ccc(Cl)c(NC(=O)C(=Nc2ccc(N(C)CC)cc2C)C2=NS(=O)(=O)c3ccccc3N2C)c1.CCCCCCCCCCCCOC(=O)c1ccc(Cl)c(NC(=O)C(=Nc2ccc(N(C)CC)cc2C)C2=Nc3ccccc3S(=O)(=O)N2C)c1. The Morgan fingerprint density at radius 3 is 1.33 bits per heavy atom. The van der Waals surface area contributed by atoms with E-state index in [1.807, 2.05) is 66.1 Å². The molecule has 6 aromatic rings. The Morgan fingerprint density at radius 1 is 0.500 bits per heavy atom. The summed E-state index contributed by atoms with van der Waals surface area (Å²) in [7, 11) is -1.31. The number of ether oxygens (including phenoxy) is 2. The van der Waals surface area contributed by atoms with Gasteiger partial charge in [0, 0.05) is 52.7 Å². The molecule has 2 aliphatic heterocycles. The van der Waals surface area contributed by atoms with Crippen molar-refractivity contribution in [3.63, 3.8) is 0 Å². The van der Waals surface area contributed by atoms with Crippen molar-refractivity contribution in [3.8, 4) is 0 Å². The van der Waals surface area contributed by atoms with Crippen LogP contribution < -0.4 is 25.3 Å². The second-order valence-corrected chi connectivity index (χ2v) is 29.9. The number of nitrogens with zero attached hydrogens (tertiary/aromatic N) is 8. The molecule has 24 heteroatoms. The number of hydrogen-bond acceptors (Lipinski definition) is 16. The Balaban J connectivity index is 0.000000286. The predicted molar refractivity (Wildman–Crippen MR) is 417 cm³/mol. The van der Waals surface area contributed by atoms with E-state index in [1.165, 1.54) is 150 Å². The van der Waals surface area contributed by atoms with Crippen LogP contribution in [-0.4, -0.2) is 122 Å². The van der Waals surface area contributed by atoms with Gasteiger partial charge in [-0.3, -0.25) is 13.9 Å². The number of nitrogens with one attached hydrogen (secondary N) is 2. The highest BCUT2D eigenvalue weighted by Crippen LogP contribution is 2.36. The Morgan fingerprint density at radius 2 is 0.902 bits per heavy atom. The molecule has 8 rings (SSSR count). The van der Waals surface area contributed by atoms with E-state index in [1.54, 1.807) is 55.6 Å². The van der Waals surface area contributed by atoms with Crippen molar-refractivity contribution in [1.29, 1.82) is 0 Å². The maximum Gasteiger partial charge on any atom is 0.338 e. The van der Waals surface area contributed by atoms with E-state index in [2.05, 4.69) is 53.7 Å². The molecule has 0 saturated heterocycles. The average Bonchev–Trinajstić information content (AvgIpc) is 0.759. The van der Waals surface area contributed by atoms with Crippen LogP contribution in [0.3, 0.4) is 0 Å². The van der Waals surface area contributed by atoms with Crippen LogP contribution in [0.15, 0.2) is 150 Å². The normalized spacial score (nSPS) is 13.7. The van der Waals surface area contributed by atoms with Crippen molar-refractivity contribution in [3.05, 3.63) is 154 Å². The molecule has 2 amide bonds. The number of aliphatic imine (C=N–C) groups is 3. The highest BCUT2D eigenvalue weighted by molar-refractivity contribution is 7.90. The van der Waals surface area contributed by atoms with Crippen LogP contribution in [0.5, 0.6) is 0 Å². The average molecular weight is 1470 g/mol. The number of sulfonamides is 2. The molecule has 0 aliphatic carbocycles. The molecule has 0 radical (unpaired) electrons. The topological polar surface area (TPSA) is 241 Å². The number of para-hydroxylation sites is 2. The van der Waals surface area contributed by atoms with Crippen LogP contribution in [0.25, 0.3) is 0 Å². The van der Waals surface area contributed by atoms with Crippen LogP contribution in [0, 0.1) is 13.8 Å². The van der Waals surface area contributed by atoms with Crippen molar-refractivity contribution >= 4 is 136 Å². The number of carbonyl (C=O) groups is 4. The van der Waals surface area contributed by atoms with Crippen LogP contribution >= 0.6 is 23.2 Å². The number of benzene rings is 6. The van der Waals surface area contributed by atoms with Crippen molar-refractivity contribution in [2.24, 2.45) is 19.4 Å². The van der Waals surface area contributed by atoms with Crippen molar-refractivity contribution in [2.45, 2.75) is 180 Å². The molecule has 0 unspecified atom stereocenters. The Kier molecular flexibility index (Phi) is 31.6. The lowest BCUT2D eigenvalue weighted by atomic mass is 10.1. The maximum atomic E-state index is 14.1. The summed E-state index contributed by atoms with van der Waals surface area (Å²) in [5, 5.41) is 5.84. The number of unbranched alkanes of at least 4 members (excludes halogenated alkanes) is 18. The fraction of sp³-hybridized carbons (Fsp3) is 0.436. The van der Waals surface area contributed by atoms with Gasteiger partial charge in [0.1, 0.15) is 9.79 Å². The standard InChI is InChI=1S/2C39H50ClN5O5S/c1-6-8-9-10-11-12-13-14-15-18-25-50-39(47)29-21-23-31(40)33(27-29)42-38(46)36(41-32-24-22-30(26-28(32)3)44(4)7-2)37-43-51(48,49)35-20-17-16-19-34(35)45(37)5;1-6-8-9-10-11-12-13-14-15-18-25-50-39(47)29-21-23-31(40)34(27-29)43-38(46)36(41-32-24-22-30(26-28(32)3)44(4)7-2)37-42-33-19-16-17-20-35(33)51(48,49)45(37)5/h16-17,19-24,26-27H,6-15,18,25H2,1-5H3,(H,42,46);16-17,19-24,26-27H,6-15,18,25H2,1-5H3,(H,43,46). The van der Waals surface area contributed by atoms with Gasteiger partial charge >= 0.3 is 11.9 Å². The second-order valence-electron chi connectivity index (χ2n) is 25.6. The quantitative estimate of drug-likeness (QED) is 0.0211. The fourth-order valence-corrected chi connectivity index (χ4v) is 14.3. The van der Waals surface area contributed by atoms with E-state index in [4.69, 9.17) is 32.7 Å². The van der Waals surface area contributed by atoms with E-state index in [-0.39, 0.29) is 71.1 Å². The number of hydrogen-bond donors (Lipinski definition) is 2. The summed E-state index contributed by atoms with van der Waals surface area (Å²) < 4.78 is 69.7. The molecular formula is C78H100Cl2N10O10S2. The lowest BCUT2D eigenvalue weighted by Gasteiger charge is -2.27. The third-order valence-electron chi connectivity index (χ3n) is 17.9. The third kappa shape index (κ3) is 22.5. The van der Waals surface area contributed by atoms with Gasteiger partial charge in [-0.15, -0.1) is 4.40 Å². The summed E-state index contributed by atoms with van der Waals surface area (Å²) in [6.07, 6.45) is 23.5. The van der Waals surface area contributed by atoms with Gasteiger partial charge in [0.05, 0.1) is 68.5 Å². The van der Waals surface area contributed by atoms with Crippen molar-refractivity contribution < 1.29 is 45.5 Å². The number of aryl methyl sites for hydroxylation is 2. The molecule has 0 fully saturated rings. The molecule has 548 valence electrons. The van der Waals surface area contributed by atoms with Gasteiger partial charge in [-0.2, -0.15) is 8.42 Å². The first-order valence-corrected chi connectivity index (χ1v) is 39.3. The molecule has 0 saturated carbocycles. The van der Waals surface area contributed by atoms with Gasteiger partial charge < -0.3 is 34.8 Å². The Labute approximate surface area is 614 Å². The van der Waals surface area contributed by atoms with E-state index < -0.39 is 43.8 Å². The predicted octanol–water partition coefficient (Wildman–Crippen LogP) is 18.4. The summed E-state index contributed by atoms with van der Waals surface area (Å²) in [4.78, 5) is 73.7. The van der Waals surface area contributed by atoms with E-state index in [0.717, 1.165) is 78.4 Å². The van der Waals surface area contributed by atoms with Crippen LogP contribution in [0.4, 0.5) is 45.5 Å².